The van der Waals surface area contributed by atoms with Crippen LogP contribution in [0.15, 0.2) is 23.1 Å². The molecule has 82 valence electrons. The van der Waals surface area contributed by atoms with Crippen molar-refractivity contribution in [1.82, 2.24) is 0 Å². The number of aryl methyl sites for hydroxylation is 1. The number of hydrogen-bond donors (Lipinski definition) is 1. The Labute approximate surface area is 95.9 Å². The Bertz CT molecular complexity index is 329. The van der Waals surface area contributed by atoms with Gasteiger partial charge in [0.15, 0.2) is 0 Å². The van der Waals surface area contributed by atoms with Crippen LogP contribution in [-0.2, 0) is 0 Å². The van der Waals surface area contributed by atoms with Crippen LogP contribution in [0.1, 0.15) is 37.7 Å². The van der Waals surface area contributed by atoms with Crippen LogP contribution >= 0.6 is 11.8 Å². The van der Waals surface area contributed by atoms with Crippen molar-refractivity contribution in [3.05, 3.63) is 23.8 Å². The van der Waals surface area contributed by atoms with Gasteiger partial charge in [0.1, 0.15) is 5.75 Å². The number of rotatable bonds is 2. The third-order valence-corrected chi connectivity index (χ3v) is 4.52. The first kappa shape index (κ1) is 10.9. The van der Waals surface area contributed by atoms with Crippen molar-refractivity contribution in [3.63, 3.8) is 0 Å². The first-order chi connectivity index (χ1) is 7.25. The van der Waals surface area contributed by atoms with E-state index in [0.29, 0.717) is 5.75 Å². The summed E-state index contributed by atoms with van der Waals surface area (Å²) in [5.41, 5.74) is 1.20. The maximum absolute atomic E-state index is 9.33. The minimum atomic E-state index is 0.375. The molecule has 1 N–H and O–H groups in total. The summed E-state index contributed by atoms with van der Waals surface area (Å²) in [5, 5.41) is 10.1. The minimum absolute atomic E-state index is 0.375. The lowest BCUT2D eigenvalue weighted by molar-refractivity contribution is 0.474. The van der Waals surface area contributed by atoms with E-state index in [2.05, 4.69) is 6.92 Å². The highest BCUT2D eigenvalue weighted by Crippen LogP contribution is 2.35. The molecule has 0 radical (unpaired) electrons. The highest BCUT2D eigenvalue weighted by molar-refractivity contribution is 8.00. The fourth-order valence-corrected chi connectivity index (χ4v) is 3.45. The van der Waals surface area contributed by atoms with E-state index >= 15 is 0 Å². The van der Waals surface area contributed by atoms with Gasteiger partial charge in [0.2, 0.25) is 0 Å². The molecule has 2 rings (SSSR count). The van der Waals surface area contributed by atoms with Crippen LogP contribution in [0.4, 0.5) is 0 Å². The zero-order chi connectivity index (χ0) is 10.7. The molecule has 0 saturated heterocycles. The fourth-order valence-electron chi connectivity index (χ4n) is 2.13. The van der Waals surface area contributed by atoms with Gasteiger partial charge in [0.25, 0.3) is 0 Å². The second kappa shape index (κ2) is 4.93. The second-order valence-electron chi connectivity index (χ2n) is 4.33. The third-order valence-electron chi connectivity index (χ3n) is 3.00. The Morgan fingerprint density at radius 3 is 2.60 bits per heavy atom. The van der Waals surface area contributed by atoms with Crippen molar-refractivity contribution in [3.8, 4) is 5.75 Å². The summed E-state index contributed by atoms with van der Waals surface area (Å²) in [6.07, 6.45) is 6.88. The zero-order valence-electron chi connectivity index (χ0n) is 9.20. The summed E-state index contributed by atoms with van der Waals surface area (Å²) in [6.45, 7) is 2.07. The minimum Gasteiger partial charge on any atom is -0.508 e. The molecule has 1 fully saturated rings. The van der Waals surface area contributed by atoms with Crippen LogP contribution in [0.5, 0.6) is 5.75 Å². The molecule has 0 spiro atoms. The van der Waals surface area contributed by atoms with E-state index in [4.69, 9.17) is 0 Å². The van der Waals surface area contributed by atoms with E-state index < -0.39 is 0 Å². The monoisotopic (exact) mass is 222 g/mol. The molecule has 1 aromatic rings. The van der Waals surface area contributed by atoms with Gasteiger partial charge in [-0.3, -0.25) is 0 Å². The smallest absolute Gasteiger partial charge is 0.115 e. The predicted molar refractivity (Wildman–Crippen MR) is 65.6 cm³/mol. The first-order valence-electron chi connectivity index (χ1n) is 5.72. The molecule has 0 amide bonds. The van der Waals surface area contributed by atoms with Crippen molar-refractivity contribution in [2.75, 3.05) is 0 Å². The molecule has 0 atom stereocenters. The highest BCUT2D eigenvalue weighted by atomic mass is 32.2. The fraction of sp³-hybridized carbons (Fsp3) is 0.538. The summed E-state index contributed by atoms with van der Waals surface area (Å²) in [4.78, 5) is 1.33. The average molecular weight is 222 g/mol. The van der Waals surface area contributed by atoms with Gasteiger partial charge in [0, 0.05) is 10.1 Å². The molecule has 1 nitrogen and oxygen atoms in total. The van der Waals surface area contributed by atoms with Gasteiger partial charge in [-0.05, 0) is 43.5 Å². The molecule has 0 unspecified atom stereocenters. The van der Waals surface area contributed by atoms with Crippen molar-refractivity contribution in [2.24, 2.45) is 0 Å². The lowest BCUT2D eigenvalue weighted by Crippen LogP contribution is -2.07. The summed E-state index contributed by atoms with van der Waals surface area (Å²) in [7, 11) is 0. The van der Waals surface area contributed by atoms with Crippen molar-refractivity contribution < 1.29 is 5.11 Å². The lowest BCUT2D eigenvalue weighted by atomic mass is 10.0. The maximum Gasteiger partial charge on any atom is 0.115 e. The van der Waals surface area contributed by atoms with E-state index in [9.17, 15) is 5.11 Å². The molecular weight excluding hydrogens is 204 g/mol. The highest BCUT2D eigenvalue weighted by Gasteiger charge is 2.15. The van der Waals surface area contributed by atoms with Crippen LogP contribution in [0, 0.1) is 6.92 Å². The molecule has 1 aliphatic carbocycles. The van der Waals surface area contributed by atoms with Crippen molar-refractivity contribution >= 4 is 11.8 Å². The van der Waals surface area contributed by atoms with Crippen LogP contribution in [0.3, 0.4) is 0 Å². The predicted octanol–water partition coefficient (Wildman–Crippen LogP) is 4.13. The Hall–Kier alpha value is -0.630. The normalized spacial score (nSPS) is 17.9. The molecule has 1 saturated carbocycles. The molecule has 0 bridgehead atoms. The largest absolute Gasteiger partial charge is 0.508 e. The Morgan fingerprint density at radius 2 is 1.93 bits per heavy atom. The van der Waals surface area contributed by atoms with Crippen LogP contribution in [-0.4, -0.2) is 10.4 Å². The summed E-state index contributed by atoms with van der Waals surface area (Å²) in [6, 6.07) is 5.69. The van der Waals surface area contributed by atoms with E-state index in [1.54, 1.807) is 6.07 Å². The zero-order valence-corrected chi connectivity index (χ0v) is 10.0. The van der Waals surface area contributed by atoms with Gasteiger partial charge in [0.05, 0.1) is 0 Å². The number of phenols is 1. The first-order valence-corrected chi connectivity index (χ1v) is 6.60. The number of benzene rings is 1. The van der Waals surface area contributed by atoms with Gasteiger partial charge in [-0.2, -0.15) is 0 Å². The topological polar surface area (TPSA) is 20.2 Å². The molecule has 0 heterocycles. The van der Waals surface area contributed by atoms with Crippen molar-refractivity contribution in [2.45, 2.75) is 49.2 Å². The Balaban J connectivity index is 2.03. The van der Waals surface area contributed by atoms with Gasteiger partial charge >= 0.3 is 0 Å². The standard InChI is InChI=1S/C13H18OS/c1-10-9-11(14)7-8-13(10)15-12-5-3-2-4-6-12/h7-9,12,14H,2-6H2,1H3. The summed E-state index contributed by atoms with van der Waals surface area (Å²) < 4.78 is 0. The number of aromatic hydroxyl groups is 1. The molecule has 0 aliphatic heterocycles. The number of phenolic OH excluding ortho intramolecular Hbond substituents is 1. The number of thioether (sulfide) groups is 1. The van der Waals surface area contributed by atoms with E-state index in [-0.39, 0.29) is 0 Å². The van der Waals surface area contributed by atoms with Crippen LogP contribution in [0.25, 0.3) is 0 Å². The lowest BCUT2D eigenvalue weighted by Gasteiger charge is -2.21. The van der Waals surface area contributed by atoms with Gasteiger partial charge in [-0.25, -0.2) is 0 Å². The van der Waals surface area contributed by atoms with E-state index in [0.717, 1.165) is 5.25 Å². The second-order valence-corrected chi connectivity index (χ2v) is 5.67. The molecule has 1 aliphatic rings. The molecule has 15 heavy (non-hydrogen) atoms. The summed E-state index contributed by atoms with van der Waals surface area (Å²) in [5.74, 6) is 0.375. The van der Waals surface area contributed by atoms with Gasteiger partial charge in [-0.15, -0.1) is 11.8 Å². The summed E-state index contributed by atoms with van der Waals surface area (Å²) >= 11 is 1.99. The SMILES string of the molecule is Cc1cc(O)ccc1SC1CCCCC1. The average Bonchev–Trinajstić information content (AvgIpc) is 2.24. The quantitative estimate of drug-likeness (QED) is 0.812. The van der Waals surface area contributed by atoms with Gasteiger partial charge < -0.3 is 5.11 Å². The maximum atomic E-state index is 9.33. The molecule has 2 heteroatoms. The Kier molecular flexibility index (Phi) is 3.57. The van der Waals surface area contributed by atoms with Crippen LogP contribution < -0.4 is 0 Å². The Morgan fingerprint density at radius 1 is 1.20 bits per heavy atom. The third kappa shape index (κ3) is 2.91. The molecular formula is C13H18OS. The van der Waals surface area contributed by atoms with E-state index in [1.807, 2.05) is 23.9 Å². The molecule has 1 aromatic carbocycles. The molecule has 0 aromatic heterocycles. The van der Waals surface area contributed by atoms with Gasteiger partial charge in [-0.1, -0.05) is 19.3 Å². The van der Waals surface area contributed by atoms with Crippen molar-refractivity contribution in [1.29, 1.82) is 0 Å². The van der Waals surface area contributed by atoms with Crippen LogP contribution in [0.2, 0.25) is 0 Å². The van der Waals surface area contributed by atoms with E-state index in [1.165, 1.54) is 42.6 Å². The number of hydrogen-bond acceptors (Lipinski definition) is 2.